The maximum atomic E-state index is 8.05. The molecule has 2 heteroatoms. The van der Waals surface area contributed by atoms with Crippen molar-refractivity contribution in [2.45, 2.75) is 0 Å². The highest BCUT2D eigenvalue weighted by Gasteiger charge is 1.83. The Bertz CT molecular complexity index is 132. The van der Waals surface area contributed by atoms with Crippen molar-refractivity contribution in [3.63, 3.8) is 0 Å². The number of hydrogen-bond acceptors (Lipinski definition) is 2. The molecular formula is C6H7NO. The van der Waals surface area contributed by atoms with E-state index in [1.807, 2.05) is 0 Å². The minimum Gasteiger partial charge on any atom is -0.480 e. The lowest BCUT2D eigenvalue weighted by molar-refractivity contribution is 0.266. The Labute approximate surface area is 48.7 Å². The van der Waals surface area contributed by atoms with E-state index in [0.717, 1.165) is 0 Å². The molecule has 0 fully saturated rings. The van der Waals surface area contributed by atoms with Gasteiger partial charge >= 0.3 is 0 Å². The molecule has 0 radical (unpaired) electrons. The van der Waals surface area contributed by atoms with Crippen LogP contribution in [-0.4, -0.2) is 6.61 Å². The van der Waals surface area contributed by atoms with Gasteiger partial charge in [-0.3, -0.25) is 0 Å². The van der Waals surface area contributed by atoms with Gasteiger partial charge in [-0.15, -0.1) is 0 Å². The van der Waals surface area contributed by atoms with Gasteiger partial charge in [-0.1, -0.05) is 12.7 Å². The van der Waals surface area contributed by atoms with Gasteiger partial charge < -0.3 is 4.74 Å². The predicted octanol–water partition coefficient (Wildman–Crippen LogP) is 1.23. The number of nitrogens with zero attached hydrogens (tertiary/aromatic N) is 1. The summed E-state index contributed by atoms with van der Waals surface area (Å²) in [5, 5.41) is 8.05. The molecule has 0 heterocycles. The lowest BCUT2D eigenvalue weighted by atomic mass is 10.6. The highest BCUT2D eigenvalue weighted by atomic mass is 16.5. The molecule has 0 aromatic carbocycles. The summed E-state index contributed by atoms with van der Waals surface area (Å²) in [4.78, 5) is 0. The van der Waals surface area contributed by atoms with Gasteiger partial charge in [0.05, 0.1) is 0 Å². The van der Waals surface area contributed by atoms with Gasteiger partial charge in [0.15, 0.2) is 5.76 Å². The largest absolute Gasteiger partial charge is 0.480 e. The molecule has 0 aromatic rings. The summed E-state index contributed by atoms with van der Waals surface area (Å²) in [6.45, 7) is 7.02. The fourth-order valence-corrected chi connectivity index (χ4v) is 0.192. The van der Waals surface area contributed by atoms with E-state index in [1.165, 1.54) is 0 Å². The van der Waals surface area contributed by atoms with Crippen molar-refractivity contribution in [1.29, 1.82) is 5.26 Å². The summed E-state index contributed by atoms with van der Waals surface area (Å²) >= 11 is 0. The van der Waals surface area contributed by atoms with Gasteiger partial charge in [0.25, 0.3) is 0 Å². The monoisotopic (exact) mass is 109 g/mol. The van der Waals surface area contributed by atoms with E-state index >= 15 is 0 Å². The first kappa shape index (κ1) is 6.77. The predicted molar refractivity (Wildman–Crippen MR) is 30.9 cm³/mol. The van der Waals surface area contributed by atoms with Crippen LogP contribution in [0, 0.1) is 11.3 Å². The van der Waals surface area contributed by atoms with Crippen molar-refractivity contribution in [1.82, 2.24) is 0 Å². The van der Waals surface area contributed by atoms with Gasteiger partial charge in [-0.25, -0.2) is 0 Å². The number of allylic oxidation sites excluding steroid dienone is 1. The Morgan fingerprint density at radius 3 is 2.88 bits per heavy atom. The Hall–Kier alpha value is -1.23. The van der Waals surface area contributed by atoms with Crippen LogP contribution < -0.4 is 0 Å². The van der Waals surface area contributed by atoms with Crippen molar-refractivity contribution < 1.29 is 4.74 Å². The van der Waals surface area contributed by atoms with Crippen molar-refractivity contribution in [3.05, 3.63) is 25.0 Å². The molecule has 0 aliphatic carbocycles. The van der Waals surface area contributed by atoms with E-state index in [1.54, 1.807) is 12.1 Å². The van der Waals surface area contributed by atoms with E-state index in [-0.39, 0.29) is 5.76 Å². The quantitative estimate of drug-likeness (QED) is 0.310. The number of rotatable bonds is 3. The molecule has 2 nitrogen and oxygen atoms in total. The van der Waals surface area contributed by atoms with Crippen LogP contribution in [0.3, 0.4) is 0 Å². The highest BCUT2D eigenvalue weighted by molar-refractivity contribution is 5.07. The molecule has 0 aliphatic heterocycles. The zero-order valence-electron chi connectivity index (χ0n) is 4.55. The summed E-state index contributed by atoms with van der Waals surface area (Å²) in [7, 11) is 0. The van der Waals surface area contributed by atoms with Gasteiger partial charge in [-0.2, -0.15) is 5.26 Å². The fourth-order valence-electron chi connectivity index (χ4n) is 0.192. The van der Waals surface area contributed by atoms with E-state index < -0.39 is 0 Å². The third-order valence-corrected chi connectivity index (χ3v) is 0.500. The fraction of sp³-hybridized carbons (Fsp3) is 0.167. The minimum atomic E-state index is 0.130. The normalized spacial score (nSPS) is 6.88. The van der Waals surface area contributed by atoms with E-state index in [0.29, 0.717) is 6.61 Å². The molecule has 0 saturated heterocycles. The van der Waals surface area contributed by atoms with Crippen LogP contribution in [0.15, 0.2) is 25.0 Å². The first-order valence-corrected chi connectivity index (χ1v) is 2.14. The van der Waals surface area contributed by atoms with Gasteiger partial charge in [0.2, 0.25) is 0 Å². The average Bonchev–Trinajstić information content (AvgIpc) is 1.83. The highest BCUT2D eigenvalue weighted by Crippen LogP contribution is 1.87. The Balaban J connectivity index is 3.29. The summed E-state index contributed by atoms with van der Waals surface area (Å²) in [5.74, 6) is 0.130. The van der Waals surface area contributed by atoms with Crippen molar-refractivity contribution in [2.75, 3.05) is 6.61 Å². The molecule has 0 saturated carbocycles. The van der Waals surface area contributed by atoms with E-state index in [2.05, 4.69) is 17.9 Å². The van der Waals surface area contributed by atoms with Crippen molar-refractivity contribution in [2.24, 2.45) is 0 Å². The average molecular weight is 109 g/mol. The number of ether oxygens (including phenoxy) is 1. The maximum absolute atomic E-state index is 8.05. The maximum Gasteiger partial charge on any atom is 0.190 e. The molecule has 0 aromatic heterocycles. The smallest absolute Gasteiger partial charge is 0.190 e. The first-order valence-electron chi connectivity index (χ1n) is 2.14. The molecule has 0 aliphatic rings. The molecule has 8 heavy (non-hydrogen) atoms. The molecule has 0 amide bonds. The van der Waals surface area contributed by atoms with Crippen LogP contribution in [0.5, 0.6) is 0 Å². The molecule has 0 bridgehead atoms. The molecular weight excluding hydrogens is 102 g/mol. The van der Waals surface area contributed by atoms with Crippen LogP contribution in [0.2, 0.25) is 0 Å². The standard InChI is InChI=1S/C6H7NO/c1-3-4-8-6(2)5-7/h3H,1-2,4H2. The second kappa shape index (κ2) is 3.94. The van der Waals surface area contributed by atoms with Crippen LogP contribution in [0.4, 0.5) is 0 Å². The molecule has 0 N–H and O–H groups in total. The SMILES string of the molecule is C=CCOC(=C)C#N. The lowest BCUT2D eigenvalue weighted by Gasteiger charge is -1.93. The van der Waals surface area contributed by atoms with Crippen LogP contribution in [0.25, 0.3) is 0 Å². The molecule has 0 spiro atoms. The zero-order chi connectivity index (χ0) is 6.41. The zero-order valence-corrected chi connectivity index (χ0v) is 4.55. The van der Waals surface area contributed by atoms with Gasteiger partial charge in [-0.05, 0) is 6.58 Å². The molecule has 42 valence electrons. The summed E-state index contributed by atoms with van der Waals surface area (Å²) in [6.07, 6.45) is 1.56. The van der Waals surface area contributed by atoms with Gasteiger partial charge in [0.1, 0.15) is 12.7 Å². The van der Waals surface area contributed by atoms with Crippen molar-refractivity contribution in [3.8, 4) is 6.07 Å². The first-order chi connectivity index (χ1) is 3.81. The Morgan fingerprint density at radius 2 is 2.50 bits per heavy atom. The minimum absolute atomic E-state index is 0.130. The third-order valence-electron chi connectivity index (χ3n) is 0.500. The van der Waals surface area contributed by atoms with Crippen molar-refractivity contribution >= 4 is 0 Å². The Morgan fingerprint density at radius 1 is 1.88 bits per heavy atom. The second-order valence-corrected chi connectivity index (χ2v) is 1.13. The van der Waals surface area contributed by atoms with Gasteiger partial charge in [0, 0.05) is 0 Å². The van der Waals surface area contributed by atoms with Crippen LogP contribution in [0.1, 0.15) is 0 Å². The molecule has 0 unspecified atom stereocenters. The van der Waals surface area contributed by atoms with Crippen LogP contribution in [-0.2, 0) is 4.74 Å². The number of nitriles is 1. The summed E-state index contributed by atoms with van der Waals surface area (Å²) in [5.41, 5.74) is 0. The lowest BCUT2D eigenvalue weighted by Crippen LogP contribution is -1.85. The van der Waals surface area contributed by atoms with E-state index in [4.69, 9.17) is 5.26 Å². The number of hydrogen-bond donors (Lipinski definition) is 0. The summed E-state index contributed by atoms with van der Waals surface area (Å²) in [6, 6.07) is 1.74. The third kappa shape index (κ3) is 2.98. The Kier molecular flexibility index (Phi) is 3.34. The summed E-state index contributed by atoms with van der Waals surface area (Å²) < 4.78 is 4.67. The molecule has 0 atom stereocenters. The second-order valence-electron chi connectivity index (χ2n) is 1.13. The topological polar surface area (TPSA) is 33.0 Å². The van der Waals surface area contributed by atoms with Crippen LogP contribution >= 0.6 is 0 Å². The van der Waals surface area contributed by atoms with E-state index in [9.17, 15) is 0 Å². The molecule has 0 rings (SSSR count).